The van der Waals surface area contributed by atoms with E-state index < -0.39 is 5.43 Å². The van der Waals surface area contributed by atoms with E-state index in [-0.39, 0.29) is 16.8 Å². The fourth-order valence-corrected chi connectivity index (χ4v) is 1.42. The van der Waals surface area contributed by atoms with Gasteiger partial charge in [-0.2, -0.15) is 5.26 Å². The maximum atomic E-state index is 11.8. The van der Waals surface area contributed by atoms with Crippen molar-refractivity contribution >= 4 is 16.9 Å². The smallest absolute Gasteiger partial charge is 0.212 e. The first-order valence-electron chi connectivity index (χ1n) is 4.48. The summed E-state index contributed by atoms with van der Waals surface area (Å²) in [5.74, 6) is 0.360. The summed E-state index contributed by atoms with van der Waals surface area (Å²) in [5.41, 5.74) is 5.16. The fourth-order valence-electron chi connectivity index (χ4n) is 1.42. The number of hydrogen-bond acceptors (Lipinski definition) is 5. The largest absolute Gasteiger partial charge is 0.497 e. The van der Waals surface area contributed by atoms with E-state index >= 15 is 0 Å². The third-order valence-corrected chi connectivity index (χ3v) is 2.24. The maximum Gasteiger partial charge on any atom is 0.212 e. The predicted octanol–water partition coefficient (Wildman–Crippen LogP) is 1.26. The summed E-state index contributed by atoms with van der Waals surface area (Å²) in [6.45, 7) is 0. The van der Waals surface area contributed by atoms with Gasteiger partial charge in [0.2, 0.25) is 11.3 Å². The van der Waals surface area contributed by atoms with Gasteiger partial charge in [-0.05, 0) is 18.2 Å². The van der Waals surface area contributed by atoms with Gasteiger partial charge in [0.1, 0.15) is 17.4 Å². The molecule has 0 bridgehead atoms. The molecule has 0 aliphatic carbocycles. The minimum absolute atomic E-state index is 0.162. The van der Waals surface area contributed by atoms with Crippen LogP contribution in [0.4, 0.5) is 5.88 Å². The Morgan fingerprint density at radius 1 is 1.50 bits per heavy atom. The van der Waals surface area contributed by atoms with Crippen molar-refractivity contribution in [3.63, 3.8) is 0 Å². The molecule has 5 nitrogen and oxygen atoms in total. The van der Waals surface area contributed by atoms with Gasteiger partial charge in [0.25, 0.3) is 0 Å². The highest BCUT2D eigenvalue weighted by atomic mass is 16.5. The van der Waals surface area contributed by atoms with E-state index in [2.05, 4.69) is 0 Å². The zero-order chi connectivity index (χ0) is 11.7. The predicted molar refractivity (Wildman–Crippen MR) is 58.2 cm³/mol. The lowest BCUT2D eigenvalue weighted by Gasteiger charge is -2.03. The third kappa shape index (κ3) is 1.37. The zero-order valence-electron chi connectivity index (χ0n) is 8.48. The average Bonchev–Trinajstić information content (AvgIpc) is 2.29. The number of nitrogens with zero attached hydrogens (tertiary/aromatic N) is 1. The van der Waals surface area contributed by atoms with E-state index in [1.165, 1.54) is 13.2 Å². The van der Waals surface area contributed by atoms with Gasteiger partial charge in [0, 0.05) is 0 Å². The Morgan fingerprint density at radius 2 is 2.25 bits per heavy atom. The standard InChI is InChI=1S/C11H8N2O3/c1-15-6-2-3-9-7(4-6)10(14)8(5-12)11(13)16-9/h2-4H,13H2,1H3. The highest BCUT2D eigenvalue weighted by molar-refractivity contribution is 5.81. The quantitative estimate of drug-likeness (QED) is 0.774. The number of hydrogen-bond donors (Lipinski definition) is 1. The highest BCUT2D eigenvalue weighted by Crippen LogP contribution is 2.21. The molecule has 0 saturated heterocycles. The van der Waals surface area contributed by atoms with Gasteiger partial charge in [-0.1, -0.05) is 0 Å². The second kappa shape index (κ2) is 3.59. The topological polar surface area (TPSA) is 89.2 Å². The van der Waals surface area contributed by atoms with Crippen molar-refractivity contribution in [1.82, 2.24) is 0 Å². The first-order valence-corrected chi connectivity index (χ1v) is 4.48. The van der Waals surface area contributed by atoms with Crippen molar-refractivity contribution < 1.29 is 9.15 Å². The normalized spacial score (nSPS) is 10.0. The molecular weight excluding hydrogens is 208 g/mol. The molecule has 80 valence electrons. The summed E-state index contributed by atoms with van der Waals surface area (Å²) in [6.07, 6.45) is 0. The summed E-state index contributed by atoms with van der Waals surface area (Å²) >= 11 is 0. The van der Waals surface area contributed by atoms with Gasteiger partial charge in [0.05, 0.1) is 12.5 Å². The van der Waals surface area contributed by atoms with E-state index in [4.69, 9.17) is 20.1 Å². The van der Waals surface area contributed by atoms with Crippen LogP contribution in [-0.2, 0) is 0 Å². The first kappa shape index (κ1) is 10.1. The molecule has 0 atom stereocenters. The number of anilines is 1. The van der Waals surface area contributed by atoms with Crippen molar-refractivity contribution in [1.29, 1.82) is 5.26 Å². The molecule has 5 heteroatoms. The lowest BCUT2D eigenvalue weighted by atomic mass is 10.1. The lowest BCUT2D eigenvalue weighted by Crippen LogP contribution is -2.09. The van der Waals surface area contributed by atoms with Crippen molar-refractivity contribution in [2.45, 2.75) is 0 Å². The number of nitrogens with two attached hydrogens (primary N) is 1. The molecule has 2 N–H and O–H groups in total. The summed E-state index contributed by atoms with van der Waals surface area (Å²) < 4.78 is 10.2. The molecule has 16 heavy (non-hydrogen) atoms. The van der Waals surface area contributed by atoms with E-state index in [0.717, 1.165) is 0 Å². The van der Waals surface area contributed by atoms with Crippen LogP contribution in [0.1, 0.15) is 5.56 Å². The van der Waals surface area contributed by atoms with Gasteiger partial charge >= 0.3 is 0 Å². The van der Waals surface area contributed by atoms with Gasteiger partial charge < -0.3 is 14.9 Å². The molecule has 0 aliphatic rings. The summed E-state index contributed by atoms with van der Waals surface area (Å²) in [6, 6.07) is 6.46. The number of fused-ring (bicyclic) bond motifs is 1. The van der Waals surface area contributed by atoms with E-state index in [0.29, 0.717) is 11.3 Å². The molecule has 1 aromatic carbocycles. The van der Waals surface area contributed by atoms with E-state index in [9.17, 15) is 4.79 Å². The molecule has 2 rings (SSSR count). The summed E-state index contributed by atoms with van der Waals surface area (Å²) in [4.78, 5) is 11.8. The van der Waals surface area contributed by atoms with Gasteiger partial charge in [-0.15, -0.1) is 0 Å². The second-order valence-corrected chi connectivity index (χ2v) is 3.14. The van der Waals surface area contributed by atoms with Gasteiger partial charge in [0.15, 0.2) is 5.56 Å². The second-order valence-electron chi connectivity index (χ2n) is 3.14. The van der Waals surface area contributed by atoms with Crippen LogP contribution in [0, 0.1) is 11.3 Å². The number of ether oxygens (including phenoxy) is 1. The molecule has 1 aromatic heterocycles. The molecule has 1 heterocycles. The van der Waals surface area contributed by atoms with Crippen LogP contribution >= 0.6 is 0 Å². The summed E-state index contributed by atoms with van der Waals surface area (Å²) in [7, 11) is 1.49. The minimum atomic E-state index is -0.444. The number of benzene rings is 1. The number of methoxy groups -OCH3 is 1. The SMILES string of the molecule is COc1ccc2oc(N)c(C#N)c(=O)c2c1. The Balaban J connectivity index is 2.91. The number of rotatable bonds is 1. The van der Waals surface area contributed by atoms with Crippen LogP contribution in [0.2, 0.25) is 0 Å². The molecule has 0 radical (unpaired) electrons. The van der Waals surface area contributed by atoms with Crippen molar-refractivity contribution in [2.24, 2.45) is 0 Å². The van der Waals surface area contributed by atoms with Crippen LogP contribution in [0.3, 0.4) is 0 Å². The average molecular weight is 216 g/mol. The first-order chi connectivity index (χ1) is 7.67. The Hall–Kier alpha value is -2.48. The fraction of sp³-hybridized carbons (Fsp3) is 0.0909. The lowest BCUT2D eigenvalue weighted by molar-refractivity contribution is 0.415. The van der Waals surface area contributed by atoms with Gasteiger partial charge in [-0.25, -0.2) is 0 Å². The zero-order valence-corrected chi connectivity index (χ0v) is 8.48. The van der Waals surface area contributed by atoms with Crippen LogP contribution in [0.15, 0.2) is 27.4 Å². The molecule has 0 amide bonds. The Kier molecular flexibility index (Phi) is 2.25. The number of nitriles is 1. The van der Waals surface area contributed by atoms with Crippen LogP contribution in [-0.4, -0.2) is 7.11 Å². The van der Waals surface area contributed by atoms with E-state index in [1.807, 2.05) is 0 Å². The molecule has 0 aliphatic heterocycles. The molecular formula is C11H8N2O3. The Morgan fingerprint density at radius 3 is 2.88 bits per heavy atom. The summed E-state index contributed by atoms with van der Waals surface area (Å²) in [5, 5.41) is 9.05. The van der Waals surface area contributed by atoms with Crippen LogP contribution < -0.4 is 15.9 Å². The Labute approximate surface area is 90.7 Å². The molecule has 2 aromatic rings. The third-order valence-electron chi connectivity index (χ3n) is 2.24. The molecule has 0 fully saturated rings. The maximum absolute atomic E-state index is 11.8. The molecule has 0 saturated carbocycles. The highest BCUT2D eigenvalue weighted by Gasteiger charge is 2.12. The van der Waals surface area contributed by atoms with Crippen molar-refractivity contribution in [2.75, 3.05) is 12.8 Å². The Bertz CT molecular complexity index is 653. The van der Waals surface area contributed by atoms with Crippen molar-refractivity contribution in [3.8, 4) is 11.8 Å². The number of nitrogen functional groups attached to an aromatic ring is 1. The minimum Gasteiger partial charge on any atom is -0.497 e. The monoisotopic (exact) mass is 216 g/mol. The molecule has 0 unspecified atom stereocenters. The van der Waals surface area contributed by atoms with Crippen LogP contribution in [0.5, 0.6) is 5.75 Å². The molecule has 0 spiro atoms. The van der Waals surface area contributed by atoms with Crippen molar-refractivity contribution in [3.05, 3.63) is 34.0 Å². The van der Waals surface area contributed by atoms with Crippen LogP contribution in [0.25, 0.3) is 11.0 Å². The van der Waals surface area contributed by atoms with Gasteiger partial charge in [-0.3, -0.25) is 4.79 Å². The van der Waals surface area contributed by atoms with E-state index in [1.54, 1.807) is 18.2 Å².